The van der Waals surface area contributed by atoms with Crippen molar-refractivity contribution >= 4 is 17.9 Å². The minimum atomic E-state index is -0.451. The summed E-state index contributed by atoms with van der Waals surface area (Å²) in [6.45, 7) is 8.45. The summed E-state index contributed by atoms with van der Waals surface area (Å²) in [5.74, 6) is 0.832. The highest BCUT2D eigenvalue weighted by atomic mass is 32.2. The lowest BCUT2D eigenvalue weighted by Gasteiger charge is -2.36. The summed E-state index contributed by atoms with van der Waals surface area (Å²) >= 11 is 1.67. The quantitative estimate of drug-likeness (QED) is 0.794. The van der Waals surface area contributed by atoms with Gasteiger partial charge in [-0.2, -0.15) is 0 Å². The van der Waals surface area contributed by atoms with Gasteiger partial charge in [-0.3, -0.25) is 4.98 Å². The smallest absolute Gasteiger partial charge is 0.410 e. The molecule has 0 aromatic carbocycles. The van der Waals surface area contributed by atoms with E-state index in [2.05, 4.69) is 9.97 Å². The number of likely N-dealkylation sites (tertiary alicyclic amines) is 1. The van der Waals surface area contributed by atoms with Crippen molar-refractivity contribution in [1.82, 2.24) is 14.9 Å². The number of aryl methyl sites for hydroxylation is 1. The molecule has 1 aliphatic heterocycles. The lowest BCUT2D eigenvalue weighted by molar-refractivity contribution is 0.0126. The van der Waals surface area contributed by atoms with Crippen LogP contribution in [0.1, 0.15) is 45.7 Å². The molecule has 1 aliphatic rings. The first kappa shape index (κ1) is 17.1. The molecule has 122 valence electrons. The number of amides is 1. The summed E-state index contributed by atoms with van der Waals surface area (Å²) in [6.07, 6.45) is 6.43. The molecule has 5 nitrogen and oxygen atoms in total. The van der Waals surface area contributed by atoms with Crippen LogP contribution in [0.25, 0.3) is 0 Å². The topological polar surface area (TPSA) is 55.3 Å². The number of hydrogen-bond acceptors (Lipinski definition) is 5. The van der Waals surface area contributed by atoms with Gasteiger partial charge in [0.05, 0.1) is 5.69 Å². The summed E-state index contributed by atoms with van der Waals surface area (Å²) in [6, 6.07) is 0.204. The molecular weight excluding hydrogens is 298 g/mol. The molecule has 1 saturated heterocycles. The molecule has 2 rings (SSSR count). The van der Waals surface area contributed by atoms with Crippen molar-refractivity contribution in [3.05, 3.63) is 18.1 Å². The number of aromatic nitrogens is 2. The van der Waals surface area contributed by atoms with E-state index in [0.29, 0.717) is 0 Å². The Labute approximate surface area is 136 Å². The van der Waals surface area contributed by atoms with Crippen molar-refractivity contribution in [3.8, 4) is 0 Å². The Bertz CT molecular complexity index is 516. The van der Waals surface area contributed by atoms with Gasteiger partial charge < -0.3 is 9.64 Å². The Kier molecular flexibility index (Phi) is 5.67. The van der Waals surface area contributed by atoms with E-state index in [1.165, 1.54) is 0 Å². The van der Waals surface area contributed by atoms with Crippen molar-refractivity contribution in [2.45, 2.75) is 63.6 Å². The summed E-state index contributed by atoms with van der Waals surface area (Å²) in [4.78, 5) is 22.9. The minimum absolute atomic E-state index is 0.200. The fraction of sp³-hybridized carbons (Fsp3) is 0.688. The second-order valence-corrected chi connectivity index (χ2v) is 7.59. The molecule has 1 unspecified atom stereocenters. The molecule has 1 aromatic rings. The lowest BCUT2D eigenvalue weighted by atomic mass is 10.0. The van der Waals surface area contributed by atoms with Gasteiger partial charge in [-0.15, -0.1) is 11.8 Å². The number of piperidine rings is 1. The summed E-state index contributed by atoms with van der Waals surface area (Å²) in [7, 11) is 0. The fourth-order valence-corrected chi connectivity index (χ4v) is 3.54. The maximum absolute atomic E-state index is 12.4. The normalized spacial score (nSPS) is 19.1. The van der Waals surface area contributed by atoms with Gasteiger partial charge in [0.1, 0.15) is 10.6 Å². The van der Waals surface area contributed by atoms with Crippen LogP contribution in [-0.4, -0.2) is 44.9 Å². The van der Waals surface area contributed by atoms with E-state index < -0.39 is 5.60 Å². The van der Waals surface area contributed by atoms with Crippen molar-refractivity contribution in [2.75, 3.05) is 12.3 Å². The van der Waals surface area contributed by atoms with Gasteiger partial charge >= 0.3 is 6.09 Å². The van der Waals surface area contributed by atoms with Gasteiger partial charge in [-0.05, 0) is 47.0 Å². The van der Waals surface area contributed by atoms with E-state index in [-0.39, 0.29) is 12.1 Å². The third-order valence-corrected chi connectivity index (χ3v) is 4.73. The van der Waals surface area contributed by atoms with Crippen molar-refractivity contribution in [2.24, 2.45) is 0 Å². The van der Waals surface area contributed by atoms with Crippen LogP contribution in [0.5, 0.6) is 0 Å². The van der Waals surface area contributed by atoms with Gasteiger partial charge in [0.15, 0.2) is 0 Å². The lowest BCUT2D eigenvalue weighted by Crippen LogP contribution is -2.47. The maximum atomic E-state index is 12.4. The fourth-order valence-electron chi connectivity index (χ4n) is 2.45. The summed E-state index contributed by atoms with van der Waals surface area (Å²) < 4.78 is 5.53. The SMILES string of the molecule is Cc1nccnc1SCC1CCCCN1C(=O)OC(C)(C)C. The summed E-state index contributed by atoms with van der Waals surface area (Å²) in [5, 5.41) is 0.942. The monoisotopic (exact) mass is 323 g/mol. The molecule has 0 radical (unpaired) electrons. The first-order valence-corrected chi connectivity index (χ1v) is 8.75. The molecule has 0 spiro atoms. The predicted octanol–water partition coefficient (Wildman–Crippen LogP) is 3.67. The van der Waals surface area contributed by atoms with Crippen LogP contribution in [0.2, 0.25) is 0 Å². The Hall–Kier alpha value is -1.30. The molecule has 22 heavy (non-hydrogen) atoms. The predicted molar refractivity (Wildman–Crippen MR) is 88.1 cm³/mol. The molecule has 0 bridgehead atoms. The van der Waals surface area contributed by atoms with Crippen molar-refractivity contribution in [1.29, 1.82) is 0 Å². The average Bonchev–Trinajstić information content (AvgIpc) is 2.45. The molecule has 0 N–H and O–H groups in total. The van der Waals surface area contributed by atoms with E-state index in [1.807, 2.05) is 32.6 Å². The zero-order chi connectivity index (χ0) is 16.2. The Morgan fingerprint density at radius 3 is 2.77 bits per heavy atom. The zero-order valence-corrected chi connectivity index (χ0v) is 14.7. The van der Waals surface area contributed by atoms with Crippen LogP contribution >= 0.6 is 11.8 Å². The first-order chi connectivity index (χ1) is 10.4. The second-order valence-electron chi connectivity index (χ2n) is 6.58. The maximum Gasteiger partial charge on any atom is 0.410 e. The molecule has 1 aromatic heterocycles. The largest absolute Gasteiger partial charge is 0.444 e. The van der Waals surface area contributed by atoms with Gasteiger partial charge in [-0.1, -0.05) is 0 Å². The van der Waals surface area contributed by atoms with E-state index in [1.54, 1.807) is 24.2 Å². The highest BCUT2D eigenvalue weighted by Crippen LogP contribution is 2.26. The van der Waals surface area contributed by atoms with Gasteiger partial charge in [0.2, 0.25) is 0 Å². The number of nitrogens with zero attached hydrogens (tertiary/aromatic N) is 3. The minimum Gasteiger partial charge on any atom is -0.444 e. The van der Waals surface area contributed by atoms with Gasteiger partial charge in [0, 0.05) is 30.7 Å². The van der Waals surface area contributed by atoms with Crippen molar-refractivity contribution in [3.63, 3.8) is 0 Å². The third-order valence-electron chi connectivity index (χ3n) is 3.50. The number of ether oxygens (including phenoxy) is 1. The Morgan fingerprint density at radius 1 is 1.36 bits per heavy atom. The van der Waals surface area contributed by atoms with E-state index in [0.717, 1.165) is 42.3 Å². The van der Waals surface area contributed by atoms with Crippen LogP contribution in [0, 0.1) is 6.92 Å². The van der Waals surface area contributed by atoms with Crippen LogP contribution in [0.4, 0.5) is 4.79 Å². The van der Waals surface area contributed by atoms with Crippen LogP contribution in [0.15, 0.2) is 17.4 Å². The van der Waals surface area contributed by atoms with Gasteiger partial charge in [-0.25, -0.2) is 9.78 Å². The number of hydrogen-bond donors (Lipinski definition) is 0. The first-order valence-electron chi connectivity index (χ1n) is 7.77. The van der Waals surface area contributed by atoms with E-state index in [9.17, 15) is 4.79 Å². The average molecular weight is 323 g/mol. The molecule has 0 saturated carbocycles. The number of carbonyl (C=O) groups is 1. The summed E-state index contributed by atoms with van der Waals surface area (Å²) in [5.41, 5.74) is 0.486. The zero-order valence-electron chi connectivity index (χ0n) is 13.8. The number of carbonyl (C=O) groups excluding carboxylic acids is 1. The molecule has 1 amide bonds. The van der Waals surface area contributed by atoms with E-state index >= 15 is 0 Å². The third kappa shape index (κ3) is 4.87. The second kappa shape index (κ2) is 7.31. The van der Waals surface area contributed by atoms with Gasteiger partial charge in [0.25, 0.3) is 0 Å². The molecule has 2 heterocycles. The van der Waals surface area contributed by atoms with E-state index in [4.69, 9.17) is 4.74 Å². The van der Waals surface area contributed by atoms with Crippen LogP contribution in [-0.2, 0) is 4.74 Å². The molecule has 1 fully saturated rings. The molecule has 0 aliphatic carbocycles. The number of thioether (sulfide) groups is 1. The van der Waals surface area contributed by atoms with Crippen molar-refractivity contribution < 1.29 is 9.53 Å². The standard InChI is InChI=1S/C16H25N3O2S/c1-12-14(18-9-8-17-12)22-11-13-7-5-6-10-19(13)15(20)21-16(2,3)4/h8-9,13H,5-7,10-11H2,1-4H3. The van der Waals surface area contributed by atoms with Crippen LogP contribution in [0.3, 0.4) is 0 Å². The molecular formula is C16H25N3O2S. The highest BCUT2D eigenvalue weighted by molar-refractivity contribution is 7.99. The van der Waals surface area contributed by atoms with Crippen LogP contribution < -0.4 is 0 Å². The molecule has 1 atom stereocenters. The number of rotatable bonds is 3. The Balaban J connectivity index is 1.98. The Morgan fingerprint density at radius 2 is 2.09 bits per heavy atom. The molecule has 6 heteroatoms. The highest BCUT2D eigenvalue weighted by Gasteiger charge is 2.30.